The summed E-state index contributed by atoms with van der Waals surface area (Å²) in [6.07, 6.45) is 5.47. The molecule has 6 nitrogen and oxygen atoms in total. The average Bonchev–Trinajstić information content (AvgIpc) is 3.13. The lowest BCUT2D eigenvalue weighted by atomic mass is 10.1. The Balaban J connectivity index is 1.66. The molecule has 1 fully saturated rings. The Morgan fingerprint density at radius 3 is 2.81 bits per heavy atom. The molecule has 0 atom stereocenters. The van der Waals surface area contributed by atoms with E-state index < -0.39 is 0 Å². The van der Waals surface area contributed by atoms with Gasteiger partial charge < -0.3 is 10.2 Å². The zero-order valence-corrected chi connectivity index (χ0v) is 12.1. The zero-order valence-electron chi connectivity index (χ0n) is 12.1. The van der Waals surface area contributed by atoms with Gasteiger partial charge in [0.2, 0.25) is 5.91 Å². The van der Waals surface area contributed by atoms with E-state index in [9.17, 15) is 4.79 Å². The number of benzene rings is 1. The van der Waals surface area contributed by atoms with Crippen molar-refractivity contribution in [1.29, 1.82) is 0 Å². The van der Waals surface area contributed by atoms with Crippen LogP contribution in [-0.4, -0.2) is 33.8 Å². The molecule has 1 amide bonds. The van der Waals surface area contributed by atoms with Crippen molar-refractivity contribution >= 4 is 17.3 Å². The topological polar surface area (TPSA) is 63.1 Å². The van der Waals surface area contributed by atoms with Crippen LogP contribution in [0.15, 0.2) is 30.9 Å². The molecule has 0 radical (unpaired) electrons. The third-order valence-corrected chi connectivity index (χ3v) is 3.73. The predicted molar refractivity (Wildman–Crippen MR) is 81.3 cm³/mol. The quantitative estimate of drug-likeness (QED) is 0.931. The lowest BCUT2D eigenvalue weighted by Gasteiger charge is -2.19. The molecule has 1 saturated heterocycles. The van der Waals surface area contributed by atoms with Crippen molar-refractivity contribution in [3.05, 3.63) is 36.4 Å². The van der Waals surface area contributed by atoms with Gasteiger partial charge in [-0.15, -0.1) is 0 Å². The van der Waals surface area contributed by atoms with E-state index in [-0.39, 0.29) is 12.5 Å². The van der Waals surface area contributed by atoms with Crippen LogP contribution in [0.1, 0.15) is 18.4 Å². The van der Waals surface area contributed by atoms with E-state index in [1.54, 1.807) is 0 Å². The Morgan fingerprint density at radius 1 is 1.33 bits per heavy atom. The van der Waals surface area contributed by atoms with Crippen molar-refractivity contribution in [3.8, 4) is 0 Å². The van der Waals surface area contributed by atoms with Crippen molar-refractivity contribution < 1.29 is 4.79 Å². The van der Waals surface area contributed by atoms with E-state index >= 15 is 0 Å². The van der Waals surface area contributed by atoms with Crippen molar-refractivity contribution in [1.82, 2.24) is 14.8 Å². The number of amides is 1. The third-order valence-electron chi connectivity index (χ3n) is 3.73. The van der Waals surface area contributed by atoms with Crippen molar-refractivity contribution in [2.75, 3.05) is 23.3 Å². The second-order valence-corrected chi connectivity index (χ2v) is 5.33. The number of aromatic nitrogens is 3. The second-order valence-electron chi connectivity index (χ2n) is 5.33. The number of hydrogen-bond acceptors (Lipinski definition) is 4. The highest BCUT2D eigenvalue weighted by Gasteiger charge is 2.13. The van der Waals surface area contributed by atoms with Crippen LogP contribution in [0.5, 0.6) is 0 Å². The monoisotopic (exact) mass is 285 g/mol. The average molecular weight is 285 g/mol. The number of carbonyl (C=O) groups excluding carboxylic acids is 1. The summed E-state index contributed by atoms with van der Waals surface area (Å²) in [5, 5.41) is 6.84. The first-order valence-electron chi connectivity index (χ1n) is 7.20. The fourth-order valence-corrected chi connectivity index (χ4v) is 2.61. The van der Waals surface area contributed by atoms with E-state index in [0.717, 1.165) is 24.3 Å². The van der Waals surface area contributed by atoms with Gasteiger partial charge in [0.25, 0.3) is 0 Å². The Kier molecular flexibility index (Phi) is 3.85. The first kappa shape index (κ1) is 13.6. The molecule has 1 aromatic heterocycles. The van der Waals surface area contributed by atoms with E-state index in [0.29, 0.717) is 0 Å². The molecule has 0 unspecified atom stereocenters. The molecular formula is C15H19N5O. The lowest BCUT2D eigenvalue weighted by Crippen LogP contribution is -2.20. The summed E-state index contributed by atoms with van der Waals surface area (Å²) < 4.78 is 1.50. The van der Waals surface area contributed by atoms with Crippen LogP contribution >= 0.6 is 0 Å². The van der Waals surface area contributed by atoms with Gasteiger partial charge in [0.15, 0.2) is 0 Å². The minimum absolute atomic E-state index is 0.0995. The molecule has 0 aliphatic carbocycles. The number of nitrogens with one attached hydrogen (secondary N) is 1. The molecular weight excluding hydrogens is 266 g/mol. The summed E-state index contributed by atoms with van der Waals surface area (Å²) in [5.74, 6) is -0.0995. The Hall–Kier alpha value is -2.37. The lowest BCUT2D eigenvalue weighted by molar-refractivity contribution is -0.116. The summed E-state index contributed by atoms with van der Waals surface area (Å²) in [4.78, 5) is 18.2. The van der Waals surface area contributed by atoms with Crippen LogP contribution in [0.2, 0.25) is 0 Å². The molecule has 1 N–H and O–H groups in total. The predicted octanol–water partition coefficient (Wildman–Crippen LogP) is 1.83. The summed E-state index contributed by atoms with van der Waals surface area (Å²) in [7, 11) is 0. The number of nitrogens with zero attached hydrogens (tertiary/aromatic N) is 4. The standard InChI is InChI=1S/C15H19N5O/c1-12-8-13(19-6-2-3-7-19)4-5-14(12)18-15(21)9-20-11-16-10-17-20/h4-5,8,10-11H,2-3,6-7,9H2,1H3,(H,18,21). The van der Waals surface area contributed by atoms with Crippen LogP contribution < -0.4 is 10.2 Å². The van der Waals surface area contributed by atoms with Crippen molar-refractivity contribution in [2.24, 2.45) is 0 Å². The second kappa shape index (κ2) is 5.95. The molecule has 2 aromatic rings. The molecule has 110 valence electrons. The Labute approximate surface area is 123 Å². The highest BCUT2D eigenvalue weighted by molar-refractivity contribution is 5.91. The van der Waals surface area contributed by atoms with Gasteiger partial charge in [-0.3, -0.25) is 4.79 Å². The summed E-state index contributed by atoms with van der Waals surface area (Å²) in [6, 6.07) is 6.18. The van der Waals surface area contributed by atoms with E-state index in [1.165, 1.54) is 35.9 Å². The number of hydrogen-bond donors (Lipinski definition) is 1. The Bertz CT molecular complexity index is 617. The smallest absolute Gasteiger partial charge is 0.246 e. The van der Waals surface area contributed by atoms with Crippen molar-refractivity contribution in [3.63, 3.8) is 0 Å². The number of carbonyl (C=O) groups is 1. The van der Waals surface area contributed by atoms with Gasteiger partial charge in [-0.25, -0.2) is 9.67 Å². The van der Waals surface area contributed by atoms with Crippen molar-refractivity contribution in [2.45, 2.75) is 26.3 Å². The van der Waals surface area contributed by atoms with E-state index in [2.05, 4.69) is 32.4 Å². The molecule has 6 heteroatoms. The van der Waals surface area contributed by atoms with E-state index in [1.807, 2.05) is 13.0 Å². The third kappa shape index (κ3) is 3.21. The largest absolute Gasteiger partial charge is 0.372 e. The molecule has 0 bridgehead atoms. The maximum absolute atomic E-state index is 12.0. The van der Waals surface area contributed by atoms with Crippen LogP contribution in [0.4, 0.5) is 11.4 Å². The van der Waals surface area contributed by atoms with Crippen LogP contribution in [0.3, 0.4) is 0 Å². The molecule has 0 saturated carbocycles. The minimum Gasteiger partial charge on any atom is -0.372 e. The first-order chi connectivity index (χ1) is 10.2. The summed E-state index contributed by atoms with van der Waals surface area (Å²) >= 11 is 0. The maximum atomic E-state index is 12.0. The maximum Gasteiger partial charge on any atom is 0.246 e. The molecule has 1 aliphatic rings. The number of rotatable bonds is 4. The molecule has 2 heterocycles. The Morgan fingerprint density at radius 2 is 2.14 bits per heavy atom. The first-order valence-corrected chi connectivity index (χ1v) is 7.20. The van der Waals surface area contributed by atoms with Gasteiger partial charge in [0, 0.05) is 24.5 Å². The van der Waals surface area contributed by atoms with Gasteiger partial charge in [-0.1, -0.05) is 0 Å². The normalized spacial score (nSPS) is 14.4. The van der Waals surface area contributed by atoms with Gasteiger partial charge in [0.1, 0.15) is 19.2 Å². The van der Waals surface area contributed by atoms with Gasteiger partial charge >= 0.3 is 0 Å². The van der Waals surface area contributed by atoms with Crippen LogP contribution in [0, 0.1) is 6.92 Å². The SMILES string of the molecule is Cc1cc(N2CCCC2)ccc1NC(=O)Cn1cncn1. The molecule has 21 heavy (non-hydrogen) atoms. The zero-order chi connectivity index (χ0) is 14.7. The summed E-state index contributed by atoms with van der Waals surface area (Å²) in [6.45, 7) is 4.44. The minimum atomic E-state index is -0.0995. The molecule has 1 aromatic carbocycles. The fraction of sp³-hybridized carbons (Fsp3) is 0.400. The number of anilines is 2. The highest BCUT2D eigenvalue weighted by Crippen LogP contribution is 2.25. The number of aryl methyl sites for hydroxylation is 1. The van der Waals surface area contributed by atoms with Crippen LogP contribution in [-0.2, 0) is 11.3 Å². The van der Waals surface area contributed by atoms with Gasteiger partial charge in [-0.2, -0.15) is 5.10 Å². The van der Waals surface area contributed by atoms with Crippen LogP contribution in [0.25, 0.3) is 0 Å². The van der Waals surface area contributed by atoms with Gasteiger partial charge in [0.05, 0.1) is 0 Å². The summed E-state index contributed by atoms with van der Waals surface area (Å²) in [5.41, 5.74) is 3.16. The van der Waals surface area contributed by atoms with E-state index in [4.69, 9.17) is 0 Å². The molecule has 0 spiro atoms. The molecule has 3 rings (SSSR count). The fourth-order valence-electron chi connectivity index (χ4n) is 2.61. The van der Waals surface area contributed by atoms with Gasteiger partial charge in [-0.05, 0) is 43.5 Å². The highest BCUT2D eigenvalue weighted by atomic mass is 16.2. The molecule has 1 aliphatic heterocycles.